The van der Waals surface area contributed by atoms with Gasteiger partial charge in [-0.2, -0.15) is 0 Å². The molecule has 0 saturated heterocycles. The van der Waals surface area contributed by atoms with Gasteiger partial charge in [-0.3, -0.25) is 0 Å². The largest absolute Gasteiger partial charge is 0.325 e. The molecule has 0 unspecified atom stereocenters. The molecule has 90 valence electrons. The summed E-state index contributed by atoms with van der Waals surface area (Å²) in [6, 6.07) is 0. The van der Waals surface area contributed by atoms with E-state index in [1.165, 1.54) is 6.42 Å². The minimum Gasteiger partial charge on any atom is -0.325 e. The Kier molecular flexibility index (Phi) is 4.59. The Morgan fingerprint density at radius 2 is 1.73 bits per heavy atom. The molecule has 0 bridgehead atoms. The highest BCUT2D eigenvalue weighted by atomic mass is 32.2. The maximum absolute atomic E-state index is 11.6. The van der Waals surface area contributed by atoms with Crippen molar-refractivity contribution in [3.8, 4) is 0 Å². The molecule has 1 aliphatic carbocycles. The van der Waals surface area contributed by atoms with Gasteiger partial charge in [0, 0.05) is 11.3 Å². The second-order valence-corrected chi connectivity index (χ2v) is 7.13. The highest BCUT2D eigenvalue weighted by Crippen LogP contribution is 2.29. The number of hydrogen-bond acceptors (Lipinski definition) is 3. The maximum Gasteiger partial charge on any atom is 0.150 e. The molecule has 3 nitrogen and oxygen atoms in total. The molecular formula is C11H23NO2S. The summed E-state index contributed by atoms with van der Waals surface area (Å²) in [5.74, 6) is 0.584. The first kappa shape index (κ1) is 13.0. The van der Waals surface area contributed by atoms with Crippen molar-refractivity contribution < 1.29 is 8.42 Å². The molecule has 2 N–H and O–H groups in total. The van der Waals surface area contributed by atoms with Gasteiger partial charge in [0.05, 0.1) is 5.75 Å². The molecule has 0 aromatic rings. The van der Waals surface area contributed by atoms with Gasteiger partial charge in [-0.1, -0.05) is 26.2 Å². The molecule has 0 radical (unpaired) electrons. The van der Waals surface area contributed by atoms with E-state index in [1.807, 2.05) is 6.92 Å². The van der Waals surface area contributed by atoms with E-state index in [0.29, 0.717) is 18.6 Å². The van der Waals surface area contributed by atoms with Gasteiger partial charge in [-0.25, -0.2) is 8.42 Å². The minimum absolute atomic E-state index is 0.195. The van der Waals surface area contributed by atoms with Crippen molar-refractivity contribution in [3.05, 3.63) is 0 Å². The first-order chi connectivity index (χ1) is 6.97. The minimum atomic E-state index is -2.85. The molecule has 0 aliphatic heterocycles. The monoisotopic (exact) mass is 233 g/mol. The summed E-state index contributed by atoms with van der Waals surface area (Å²) in [5, 5.41) is 0. The normalized spacial score (nSPS) is 21.5. The van der Waals surface area contributed by atoms with Crippen LogP contribution in [-0.4, -0.2) is 25.5 Å². The van der Waals surface area contributed by atoms with E-state index in [9.17, 15) is 8.42 Å². The lowest BCUT2D eigenvalue weighted by Gasteiger charge is -2.33. The molecule has 4 heteroatoms. The Hall–Kier alpha value is -0.0900. The highest BCUT2D eigenvalue weighted by molar-refractivity contribution is 7.91. The number of hydrogen-bond donors (Lipinski definition) is 1. The summed E-state index contributed by atoms with van der Waals surface area (Å²) in [5.41, 5.74) is 6.00. The van der Waals surface area contributed by atoms with Crippen molar-refractivity contribution in [1.82, 2.24) is 0 Å². The summed E-state index contributed by atoms with van der Waals surface area (Å²) in [4.78, 5) is 0. The lowest BCUT2D eigenvalue weighted by Crippen LogP contribution is -2.43. The van der Waals surface area contributed by atoms with Crippen molar-refractivity contribution >= 4 is 9.84 Å². The zero-order chi connectivity index (χ0) is 11.4. The van der Waals surface area contributed by atoms with E-state index in [4.69, 9.17) is 5.73 Å². The molecule has 0 spiro atoms. The second kappa shape index (κ2) is 5.30. The third-order valence-electron chi connectivity index (χ3n) is 3.28. The van der Waals surface area contributed by atoms with Gasteiger partial charge in [-0.15, -0.1) is 0 Å². The Bertz CT molecular complexity index is 279. The van der Waals surface area contributed by atoms with Crippen LogP contribution in [0.5, 0.6) is 0 Å². The van der Waals surface area contributed by atoms with Crippen LogP contribution in [0.2, 0.25) is 0 Å². The quantitative estimate of drug-likeness (QED) is 0.788. The molecule has 1 aliphatic rings. The summed E-state index contributed by atoms with van der Waals surface area (Å²) < 4.78 is 23.1. The van der Waals surface area contributed by atoms with Crippen molar-refractivity contribution in [2.75, 3.05) is 11.5 Å². The van der Waals surface area contributed by atoms with Crippen LogP contribution in [0.4, 0.5) is 0 Å². The summed E-state index contributed by atoms with van der Waals surface area (Å²) in [7, 11) is -2.85. The van der Waals surface area contributed by atoms with Crippen LogP contribution < -0.4 is 5.73 Å². The lowest BCUT2D eigenvalue weighted by molar-refractivity contribution is 0.288. The molecule has 15 heavy (non-hydrogen) atoms. The summed E-state index contributed by atoms with van der Waals surface area (Å²) >= 11 is 0. The van der Waals surface area contributed by atoms with E-state index >= 15 is 0 Å². The Labute approximate surface area is 93.3 Å². The Balaban J connectivity index is 2.41. The molecule has 0 atom stereocenters. The molecular weight excluding hydrogens is 210 g/mol. The van der Waals surface area contributed by atoms with Gasteiger partial charge in [0.1, 0.15) is 9.84 Å². The fraction of sp³-hybridized carbons (Fsp3) is 1.00. The molecule has 0 aromatic heterocycles. The van der Waals surface area contributed by atoms with Crippen molar-refractivity contribution in [2.24, 2.45) is 5.73 Å². The average Bonchev–Trinajstić information content (AvgIpc) is 2.17. The fourth-order valence-electron chi connectivity index (χ4n) is 2.28. The van der Waals surface area contributed by atoms with Crippen LogP contribution in [0.25, 0.3) is 0 Å². The van der Waals surface area contributed by atoms with E-state index in [1.54, 1.807) is 0 Å². The van der Waals surface area contributed by atoms with Gasteiger partial charge >= 0.3 is 0 Å². The van der Waals surface area contributed by atoms with E-state index in [2.05, 4.69) is 0 Å². The SMILES string of the molecule is CCCS(=O)(=O)CCC1(N)CCCCC1. The summed E-state index contributed by atoms with van der Waals surface area (Å²) in [6.07, 6.45) is 6.91. The van der Waals surface area contributed by atoms with Crippen molar-refractivity contribution in [1.29, 1.82) is 0 Å². The molecule has 1 saturated carbocycles. The van der Waals surface area contributed by atoms with E-state index < -0.39 is 9.84 Å². The van der Waals surface area contributed by atoms with E-state index in [0.717, 1.165) is 25.7 Å². The van der Waals surface area contributed by atoms with Gasteiger partial charge in [0.2, 0.25) is 0 Å². The van der Waals surface area contributed by atoms with Gasteiger partial charge in [-0.05, 0) is 25.7 Å². The topological polar surface area (TPSA) is 60.2 Å². The van der Waals surface area contributed by atoms with Crippen LogP contribution in [0.1, 0.15) is 51.9 Å². The molecule has 0 heterocycles. The average molecular weight is 233 g/mol. The predicted octanol–water partition coefficient (Wildman–Crippen LogP) is 1.86. The van der Waals surface area contributed by atoms with Crippen LogP contribution >= 0.6 is 0 Å². The van der Waals surface area contributed by atoms with Crippen molar-refractivity contribution in [2.45, 2.75) is 57.4 Å². The van der Waals surface area contributed by atoms with E-state index in [-0.39, 0.29) is 11.3 Å². The van der Waals surface area contributed by atoms with Crippen LogP contribution in [0, 0.1) is 0 Å². The molecule has 1 rings (SSSR count). The number of rotatable bonds is 5. The predicted molar refractivity (Wildman–Crippen MR) is 63.6 cm³/mol. The zero-order valence-electron chi connectivity index (χ0n) is 9.67. The zero-order valence-corrected chi connectivity index (χ0v) is 10.5. The van der Waals surface area contributed by atoms with Crippen LogP contribution in [-0.2, 0) is 9.84 Å². The molecule has 1 fully saturated rings. The third-order valence-corrected chi connectivity index (χ3v) is 5.13. The molecule has 0 amide bonds. The van der Waals surface area contributed by atoms with Crippen LogP contribution in [0.15, 0.2) is 0 Å². The second-order valence-electron chi connectivity index (χ2n) is 4.82. The summed E-state index contributed by atoms with van der Waals surface area (Å²) in [6.45, 7) is 1.90. The lowest BCUT2D eigenvalue weighted by atomic mass is 9.81. The first-order valence-electron chi connectivity index (χ1n) is 5.97. The van der Waals surface area contributed by atoms with Crippen molar-refractivity contribution in [3.63, 3.8) is 0 Å². The molecule has 0 aromatic carbocycles. The Morgan fingerprint density at radius 1 is 1.13 bits per heavy atom. The fourth-order valence-corrected chi connectivity index (χ4v) is 3.82. The maximum atomic E-state index is 11.6. The highest BCUT2D eigenvalue weighted by Gasteiger charge is 2.28. The smallest absolute Gasteiger partial charge is 0.150 e. The number of sulfone groups is 1. The van der Waals surface area contributed by atoms with Gasteiger partial charge in [0.15, 0.2) is 0 Å². The Morgan fingerprint density at radius 3 is 2.27 bits per heavy atom. The van der Waals surface area contributed by atoms with Crippen LogP contribution in [0.3, 0.4) is 0 Å². The third kappa shape index (κ3) is 4.51. The van der Waals surface area contributed by atoms with Gasteiger partial charge < -0.3 is 5.73 Å². The van der Waals surface area contributed by atoms with Gasteiger partial charge in [0.25, 0.3) is 0 Å². The first-order valence-corrected chi connectivity index (χ1v) is 7.79. The standard InChI is InChI=1S/C11H23NO2S/c1-2-9-15(13,14)10-8-11(12)6-4-3-5-7-11/h2-10,12H2,1H3. The number of nitrogens with two attached hydrogens (primary N) is 1.